The number of hydrogen-bond donors (Lipinski definition) is 1. The summed E-state index contributed by atoms with van der Waals surface area (Å²) in [7, 11) is 0. The minimum absolute atomic E-state index is 0.800. The minimum atomic E-state index is 0.800. The Morgan fingerprint density at radius 1 is 1.50 bits per heavy atom. The second-order valence-corrected chi connectivity index (χ2v) is 4.59. The van der Waals surface area contributed by atoms with E-state index in [0.717, 1.165) is 23.8 Å². The molecule has 1 saturated heterocycles. The summed E-state index contributed by atoms with van der Waals surface area (Å²) in [6, 6.07) is 0.800. The van der Waals surface area contributed by atoms with Crippen LogP contribution in [0.3, 0.4) is 0 Å². The molecule has 1 N–H and O–H groups in total. The van der Waals surface area contributed by atoms with Crippen LogP contribution in [0.5, 0.6) is 0 Å². The van der Waals surface area contributed by atoms with E-state index in [9.17, 15) is 0 Å². The van der Waals surface area contributed by atoms with Gasteiger partial charge in [-0.15, -0.1) is 0 Å². The van der Waals surface area contributed by atoms with Gasteiger partial charge in [-0.25, -0.2) is 0 Å². The standard InChI is InChI=1S/C11H17N/c1-2-3-9-7-4-8-6-12-11(9)10(8)5-7/h3,7-8,10-12H,2,4-6H2,1H3/b9-3-. The Bertz CT molecular complexity index is 229. The number of allylic oxidation sites excluding steroid dienone is 1. The summed E-state index contributed by atoms with van der Waals surface area (Å²) in [4.78, 5) is 0. The van der Waals surface area contributed by atoms with Crippen LogP contribution in [-0.2, 0) is 0 Å². The molecule has 4 unspecified atom stereocenters. The molecule has 1 heterocycles. The molecule has 1 aliphatic heterocycles. The maximum atomic E-state index is 3.68. The van der Waals surface area contributed by atoms with Crippen molar-refractivity contribution in [3.8, 4) is 0 Å². The molecule has 0 radical (unpaired) electrons. The van der Waals surface area contributed by atoms with Crippen molar-refractivity contribution in [2.45, 2.75) is 32.2 Å². The van der Waals surface area contributed by atoms with Crippen molar-refractivity contribution in [2.24, 2.45) is 17.8 Å². The van der Waals surface area contributed by atoms with Gasteiger partial charge in [0.15, 0.2) is 0 Å². The van der Waals surface area contributed by atoms with Gasteiger partial charge in [-0.3, -0.25) is 0 Å². The first-order valence-corrected chi connectivity index (χ1v) is 5.33. The number of hydrogen-bond acceptors (Lipinski definition) is 1. The lowest BCUT2D eigenvalue weighted by Crippen LogP contribution is -2.26. The average molecular weight is 163 g/mol. The Balaban J connectivity index is 1.95. The van der Waals surface area contributed by atoms with Crippen molar-refractivity contribution in [1.29, 1.82) is 0 Å². The smallest absolute Gasteiger partial charge is 0.0314 e. The van der Waals surface area contributed by atoms with Gasteiger partial charge in [-0.2, -0.15) is 0 Å². The molecule has 0 aromatic carbocycles. The van der Waals surface area contributed by atoms with E-state index >= 15 is 0 Å². The van der Waals surface area contributed by atoms with E-state index in [4.69, 9.17) is 0 Å². The monoisotopic (exact) mass is 163 g/mol. The maximum absolute atomic E-state index is 3.68. The van der Waals surface area contributed by atoms with E-state index < -0.39 is 0 Å². The van der Waals surface area contributed by atoms with E-state index in [1.54, 1.807) is 5.57 Å². The molecule has 0 aromatic rings. The Hall–Kier alpha value is -0.300. The molecule has 12 heavy (non-hydrogen) atoms. The molecule has 0 spiro atoms. The molecule has 66 valence electrons. The van der Waals surface area contributed by atoms with Gasteiger partial charge in [-0.1, -0.05) is 18.6 Å². The highest BCUT2D eigenvalue weighted by atomic mass is 15.0. The molecule has 1 heteroatoms. The Labute approximate surface area is 74.2 Å². The summed E-state index contributed by atoms with van der Waals surface area (Å²) in [5.74, 6) is 3.03. The summed E-state index contributed by atoms with van der Waals surface area (Å²) < 4.78 is 0. The normalized spacial score (nSPS) is 52.6. The van der Waals surface area contributed by atoms with Crippen LogP contribution in [0.2, 0.25) is 0 Å². The van der Waals surface area contributed by atoms with E-state index in [0.29, 0.717) is 0 Å². The van der Waals surface area contributed by atoms with E-state index in [-0.39, 0.29) is 0 Å². The minimum Gasteiger partial charge on any atom is -0.310 e. The molecule has 2 aliphatic carbocycles. The topological polar surface area (TPSA) is 12.0 Å². The zero-order chi connectivity index (χ0) is 8.13. The van der Waals surface area contributed by atoms with Gasteiger partial charge in [0, 0.05) is 6.04 Å². The van der Waals surface area contributed by atoms with E-state index in [1.165, 1.54) is 25.8 Å². The van der Waals surface area contributed by atoms with Gasteiger partial charge in [0.05, 0.1) is 0 Å². The van der Waals surface area contributed by atoms with Gasteiger partial charge >= 0.3 is 0 Å². The van der Waals surface area contributed by atoms with Crippen molar-refractivity contribution < 1.29 is 0 Å². The Kier molecular flexibility index (Phi) is 1.40. The third-order valence-corrected chi connectivity index (χ3v) is 4.05. The van der Waals surface area contributed by atoms with Gasteiger partial charge in [0.2, 0.25) is 0 Å². The number of rotatable bonds is 1. The molecule has 3 rings (SSSR count). The SMILES string of the molecule is CC/C=C1/C2CC3CNC1C3C2. The summed E-state index contributed by atoms with van der Waals surface area (Å²) >= 11 is 0. The summed E-state index contributed by atoms with van der Waals surface area (Å²) in [5.41, 5.74) is 1.76. The predicted octanol–water partition coefficient (Wildman–Crippen LogP) is 1.95. The number of fused-ring (bicyclic) bond motifs is 1. The van der Waals surface area contributed by atoms with Crippen LogP contribution in [0.15, 0.2) is 11.6 Å². The molecule has 2 bridgehead atoms. The third kappa shape index (κ3) is 0.731. The quantitative estimate of drug-likeness (QED) is 0.583. The largest absolute Gasteiger partial charge is 0.310 e. The van der Waals surface area contributed by atoms with Crippen LogP contribution in [0, 0.1) is 17.8 Å². The van der Waals surface area contributed by atoms with Crippen molar-refractivity contribution in [3.05, 3.63) is 11.6 Å². The average Bonchev–Trinajstić information content (AvgIpc) is 2.61. The fourth-order valence-corrected chi connectivity index (χ4v) is 3.65. The fourth-order valence-electron chi connectivity index (χ4n) is 3.65. The third-order valence-electron chi connectivity index (χ3n) is 4.05. The highest BCUT2D eigenvalue weighted by Crippen LogP contribution is 2.54. The van der Waals surface area contributed by atoms with Crippen LogP contribution in [-0.4, -0.2) is 12.6 Å². The summed E-state index contributed by atoms with van der Waals surface area (Å²) in [6.45, 7) is 3.55. The van der Waals surface area contributed by atoms with Crippen LogP contribution in [0.1, 0.15) is 26.2 Å². The first-order chi connectivity index (χ1) is 5.90. The second-order valence-electron chi connectivity index (χ2n) is 4.59. The second kappa shape index (κ2) is 2.35. The van der Waals surface area contributed by atoms with Crippen LogP contribution in [0.4, 0.5) is 0 Å². The van der Waals surface area contributed by atoms with Gasteiger partial charge in [0.25, 0.3) is 0 Å². The molecule has 0 aromatic heterocycles. The number of nitrogens with one attached hydrogen (secondary N) is 1. The van der Waals surface area contributed by atoms with Gasteiger partial charge in [-0.05, 0) is 43.6 Å². The summed E-state index contributed by atoms with van der Waals surface area (Å²) in [5, 5.41) is 3.68. The highest BCUT2D eigenvalue weighted by Gasteiger charge is 2.52. The first-order valence-electron chi connectivity index (χ1n) is 5.33. The highest BCUT2D eigenvalue weighted by molar-refractivity contribution is 5.29. The molecule has 3 aliphatic rings. The van der Waals surface area contributed by atoms with Gasteiger partial charge < -0.3 is 5.32 Å². The zero-order valence-corrected chi connectivity index (χ0v) is 7.72. The molecular formula is C11H17N. The van der Waals surface area contributed by atoms with Crippen molar-refractivity contribution >= 4 is 0 Å². The van der Waals surface area contributed by atoms with E-state index in [1.807, 2.05) is 0 Å². The molecule has 2 saturated carbocycles. The first kappa shape index (κ1) is 7.14. The molecule has 3 fully saturated rings. The predicted molar refractivity (Wildman–Crippen MR) is 49.9 cm³/mol. The van der Waals surface area contributed by atoms with E-state index in [2.05, 4.69) is 18.3 Å². The summed E-state index contributed by atoms with van der Waals surface area (Å²) in [6.07, 6.45) is 6.68. The Morgan fingerprint density at radius 3 is 3.25 bits per heavy atom. The van der Waals surface area contributed by atoms with Crippen LogP contribution < -0.4 is 5.32 Å². The van der Waals surface area contributed by atoms with Crippen LogP contribution >= 0.6 is 0 Å². The van der Waals surface area contributed by atoms with Crippen molar-refractivity contribution in [1.82, 2.24) is 5.32 Å². The maximum Gasteiger partial charge on any atom is 0.0314 e. The van der Waals surface area contributed by atoms with Gasteiger partial charge in [0.1, 0.15) is 0 Å². The van der Waals surface area contributed by atoms with Crippen molar-refractivity contribution in [2.75, 3.05) is 6.54 Å². The molecular weight excluding hydrogens is 146 g/mol. The molecule has 4 atom stereocenters. The Morgan fingerprint density at radius 2 is 2.42 bits per heavy atom. The fraction of sp³-hybridized carbons (Fsp3) is 0.818. The molecule has 1 nitrogen and oxygen atoms in total. The molecule has 0 amide bonds. The lowest BCUT2D eigenvalue weighted by atomic mass is 9.86. The lowest BCUT2D eigenvalue weighted by molar-refractivity contribution is 0.439. The lowest BCUT2D eigenvalue weighted by Gasteiger charge is -2.20. The van der Waals surface area contributed by atoms with Crippen molar-refractivity contribution in [3.63, 3.8) is 0 Å². The van der Waals surface area contributed by atoms with Crippen LogP contribution in [0.25, 0.3) is 0 Å². The zero-order valence-electron chi connectivity index (χ0n) is 7.72.